The third-order valence-corrected chi connectivity index (χ3v) is 3.11. The van der Waals surface area contributed by atoms with Crippen LogP contribution in [0.1, 0.15) is 36.8 Å². The number of aromatic amines is 1. The molecule has 20 heavy (non-hydrogen) atoms. The van der Waals surface area contributed by atoms with Crippen molar-refractivity contribution in [1.29, 1.82) is 0 Å². The number of carboxylic acids is 1. The SMILES string of the molecule is COc1c(-c2cc(C(=O)O)[nH]n2)cccc1C(C)(C)C. The van der Waals surface area contributed by atoms with Crippen LogP contribution in [-0.4, -0.2) is 28.4 Å². The second-order valence-corrected chi connectivity index (χ2v) is 5.61. The van der Waals surface area contributed by atoms with Crippen molar-refractivity contribution in [2.24, 2.45) is 0 Å². The van der Waals surface area contributed by atoms with Gasteiger partial charge in [-0.2, -0.15) is 5.10 Å². The molecular formula is C15H18N2O3. The Labute approximate surface area is 117 Å². The summed E-state index contributed by atoms with van der Waals surface area (Å²) in [7, 11) is 1.61. The van der Waals surface area contributed by atoms with Gasteiger partial charge < -0.3 is 9.84 Å². The second kappa shape index (κ2) is 5.00. The van der Waals surface area contributed by atoms with Crippen molar-refractivity contribution in [2.75, 3.05) is 7.11 Å². The summed E-state index contributed by atoms with van der Waals surface area (Å²) >= 11 is 0. The first-order valence-corrected chi connectivity index (χ1v) is 6.31. The van der Waals surface area contributed by atoms with Crippen LogP contribution in [0.5, 0.6) is 5.75 Å². The Morgan fingerprint density at radius 2 is 2.05 bits per heavy atom. The van der Waals surface area contributed by atoms with Gasteiger partial charge in [0, 0.05) is 11.1 Å². The molecule has 2 aromatic rings. The standard InChI is InChI=1S/C15H18N2O3/c1-15(2,3)10-7-5-6-9(13(10)20-4)11-8-12(14(18)19)17-16-11/h5-8H,1-4H3,(H,16,17)(H,18,19). The van der Waals surface area contributed by atoms with E-state index in [-0.39, 0.29) is 11.1 Å². The van der Waals surface area contributed by atoms with E-state index in [4.69, 9.17) is 9.84 Å². The molecule has 0 spiro atoms. The van der Waals surface area contributed by atoms with Crippen LogP contribution in [0, 0.1) is 0 Å². The number of carboxylic acid groups (broad SMARTS) is 1. The van der Waals surface area contributed by atoms with Crippen molar-refractivity contribution < 1.29 is 14.6 Å². The zero-order chi connectivity index (χ0) is 14.9. The number of nitrogens with one attached hydrogen (secondary N) is 1. The maximum Gasteiger partial charge on any atom is 0.353 e. The van der Waals surface area contributed by atoms with Gasteiger partial charge >= 0.3 is 5.97 Å². The highest BCUT2D eigenvalue weighted by atomic mass is 16.5. The number of H-pyrrole nitrogens is 1. The minimum Gasteiger partial charge on any atom is -0.496 e. The summed E-state index contributed by atoms with van der Waals surface area (Å²) in [5.41, 5.74) is 2.38. The smallest absolute Gasteiger partial charge is 0.353 e. The van der Waals surface area contributed by atoms with Crippen LogP contribution in [0.4, 0.5) is 0 Å². The summed E-state index contributed by atoms with van der Waals surface area (Å²) in [4.78, 5) is 10.9. The number of para-hydroxylation sites is 1. The van der Waals surface area contributed by atoms with Gasteiger partial charge in [-0.1, -0.05) is 32.9 Å². The normalized spacial score (nSPS) is 11.4. The Balaban J connectivity index is 2.59. The van der Waals surface area contributed by atoms with Crippen LogP contribution in [0.25, 0.3) is 11.3 Å². The average Bonchev–Trinajstić information content (AvgIpc) is 2.86. The van der Waals surface area contributed by atoms with E-state index < -0.39 is 5.97 Å². The molecule has 5 nitrogen and oxygen atoms in total. The zero-order valence-corrected chi connectivity index (χ0v) is 12.0. The van der Waals surface area contributed by atoms with E-state index in [1.807, 2.05) is 18.2 Å². The first-order valence-electron chi connectivity index (χ1n) is 6.31. The number of rotatable bonds is 3. The number of ether oxygens (including phenoxy) is 1. The van der Waals surface area contributed by atoms with Crippen molar-refractivity contribution in [2.45, 2.75) is 26.2 Å². The molecule has 0 unspecified atom stereocenters. The molecule has 1 aromatic heterocycles. The van der Waals surface area contributed by atoms with Crippen LogP contribution in [0.15, 0.2) is 24.3 Å². The molecule has 0 aliphatic carbocycles. The molecule has 2 N–H and O–H groups in total. The number of methoxy groups -OCH3 is 1. The fourth-order valence-electron chi connectivity index (χ4n) is 2.12. The van der Waals surface area contributed by atoms with E-state index >= 15 is 0 Å². The summed E-state index contributed by atoms with van der Waals surface area (Å²) in [6.45, 7) is 6.30. The van der Waals surface area contributed by atoms with Crippen molar-refractivity contribution in [3.05, 3.63) is 35.5 Å². The Bertz CT molecular complexity index is 639. The number of aromatic carboxylic acids is 1. The van der Waals surface area contributed by atoms with E-state index in [2.05, 4.69) is 31.0 Å². The van der Waals surface area contributed by atoms with E-state index in [0.717, 1.165) is 16.9 Å². The Morgan fingerprint density at radius 1 is 1.35 bits per heavy atom. The van der Waals surface area contributed by atoms with Crippen LogP contribution < -0.4 is 4.74 Å². The minimum absolute atomic E-state index is 0.0585. The van der Waals surface area contributed by atoms with Gasteiger partial charge in [0.25, 0.3) is 0 Å². The van der Waals surface area contributed by atoms with Crippen molar-refractivity contribution in [1.82, 2.24) is 10.2 Å². The summed E-state index contributed by atoms with van der Waals surface area (Å²) in [6, 6.07) is 7.31. The first-order chi connectivity index (χ1) is 9.34. The third kappa shape index (κ3) is 2.52. The van der Waals surface area contributed by atoms with Gasteiger partial charge in [0.05, 0.1) is 12.8 Å². The number of carbonyl (C=O) groups is 1. The number of benzene rings is 1. The zero-order valence-electron chi connectivity index (χ0n) is 12.0. The molecule has 0 bridgehead atoms. The molecule has 0 aliphatic heterocycles. The Morgan fingerprint density at radius 3 is 2.55 bits per heavy atom. The maximum absolute atomic E-state index is 10.9. The summed E-state index contributed by atoms with van der Waals surface area (Å²) in [6.07, 6.45) is 0. The largest absolute Gasteiger partial charge is 0.496 e. The van der Waals surface area contributed by atoms with Crippen LogP contribution >= 0.6 is 0 Å². The van der Waals surface area contributed by atoms with Gasteiger partial charge in [-0.25, -0.2) is 4.79 Å². The third-order valence-electron chi connectivity index (χ3n) is 3.11. The first kappa shape index (κ1) is 14.1. The van der Waals surface area contributed by atoms with Crippen molar-refractivity contribution in [3.8, 4) is 17.0 Å². The maximum atomic E-state index is 10.9. The van der Waals surface area contributed by atoms with E-state index in [1.165, 1.54) is 6.07 Å². The number of hydrogen-bond acceptors (Lipinski definition) is 3. The van der Waals surface area contributed by atoms with E-state index in [0.29, 0.717) is 5.69 Å². The highest BCUT2D eigenvalue weighted by Gasteiger charge is 2.22. The fourth-order valence-corrected chi connectivity index (χ4v) is 2.12. The fraction of sp³-hybridized carbons (Fsp3) is 0.333. The van der Waals surface area contributed by atoms with Crippen molar-refractivity contribution >= 4 is 5.97 Å². The molecule has 0 saturated carbocycles. The lowest BCUT2D eigenvalue weighted by atomic mass is 9.85. The predicted octanol–water partition coefficient (Wildman–Crippen LogP) is 3.08. The van der Waals surface area contributed by atoms with Gasteiger partial charge in [-0.05, 0) is 17.5 Å². The van der Waals surface area contributed by atoms with Gasteiger partial charge in [0.1, 0.15) is 11.4 Å². The van der Waals surface area contributed by atoms with E-state index in [1.54, 1.807) is 7.11 Å². The number of hydrogen-bond donors (Lipinski definition) is 2. The quantitative estimate of drug-likeness (QED) is 0.901. The van der Waals surface area contributed by atoms with Gasteiger partial charge in [0.15, 0.2) is 0 Å². The van der Waals surface area contributed by atoms with Gasteiger partial charge in [-0.3, -0.25) is 5.10 Å². The van der Waals surface area contributed by atoms with Crippen LogP contribution in [-0.2, 0) is 5.41 Å². The highest BCUT2D eigenvalue weighted by molar-refractivity contribution is 5.87. The molecule has 0 atom stereocenters. The molecule has 1 aromatic carbocycles. The molecule has 0 amide bonds. The Hall–Kier alpha value is -2.30. The molecule has 0 radical (unpaired) electrons. The summed E-state index contributed by atoms with van der Waals surface area (Å²) in [5, 5.41) is 15.5. The monoisotopic (exact) mass is 274 g/mol. The lowest BCUT2D eigenvalue weighted by molar-refractivity contribution is 0.0690. The number of nitrogens with zero attached hydrogens (tertiary/aromatic N) is 1. The average molecular weight is 274 g/mol. The topological polar surface area (TPSA) is 75.2 Å². The molecule has 2 rings (SSSR count). The second-order valence-electron chi connectivity index (χ2n) is 5.61. The van der Waals surface area contributed by atoms with Gasteiger partial charge in [0.2, 0.25) is 0 Å². The summed E-state index contributed by atoms with van der Waals surface area (Å²) in [5.74, 6) is -0.307. The van der Waals surface area contributed by atoms with Gasteiger partial charge in [-0.15, -0.1) is 0 Å². The minimum atomic E-state index is -1.03. The van der Waals surface area contributed by atoms with Crippen LogP contribution in [0.2, 0.25) is 0 Å². The van der Waals surface area contributed by atoms with E-state index in [9.17, 15) is 4.79 Å². The lowest BCUT2D eigenvalue weighted by Crippen LogP contribution is -2.13. The highest BCUT2D eigenvalue weighted by Crippen LogP contribution is 2.38. The molecular weight excluding hydrogens is 256 g/mol. The van der Waals surface area contributed by atoms with Crippen molar-refractivity contribution in [3.63, 3.8) is 0 Å². The molecule has 1 heterocycles. The molecule has 106 valence electrons. The molecule has 5 heteroatoms. The molecule has 0 saturated heterocycles. The summed E-state index contributed by atoms with van der Waals surface area (Å²) < 4.78 is 5.53. The molecule has 0 fully saturated rings. The predicted molar refractivity (Wildman–Crippen MR) is 76.2 cm³/mol. The number of aromatic nitrogens is 2. The molecule has 0 aliphatic rings. The van der Waals surface area contributed by atoms with Crippen LogP contribution in [0.3, 0.4) is 0 Å². The lowest BCUT2D eigenvalue weighted by Gasteiger charge is -2.23. The Kier molecular flexibility index (Phi) is 3.53.